The van der Waals surface area contributed by atoms with E-state index in [1.807, 2.05) is 0 Å². The van der Waals surface area contributed by atoms with Gasteiger partial charge in [-0.15, -0.1) is 0 Å². The maximum absolute atomic E-state index is 13.9. The number of carbonyl (C=O) groups is 4. The van der Waals surface area contributed by atoms with Crippen LogP contribution < -0.4 is 10.6 Å². The van der Waals surface area contributed by atoms with Crippen molar-refractivity contribution in [1.82, 2.24) is 38.6 Å². The molecular weight excluding hydrogens is 800 g/mol. The molecule has 1 unspecified atom stereocenters. The Bertz CT molecular complexity index is 2320. The van der Waals surface area contributed by atoms with Crippen LogP contribution in [0.1, 0.15) is 84.2 Å². The van der Waals surface area contributed by atoms with Crippen LogP contribution >= 0.6 is 0 Å². The predicted molar refractivity (Wildman–Crippen MR) is 202 cm³/mol. The predicted octanol–water partition coefficient (Wildman–Crippen LogP) is 2.18. The third-order valence-corrected chi connectivity index (χ3v) is 12.5. The number of hydrogen-bond donors (Lipinski definition) is 3. The highest BCUT2D eigenvalue weighted by atomic mass is 32.2. The normalized spacial score (nSPS) is 20.4. The summed E-state index contributed by atoms with van der Waals surface area (Å²) in [7, 11) is -3.81. The molecule has 4 aliphatic heterocycles. The average molecular weight is 842 g/mol. The lowest BCUT2D eigenvalue weighted by molar-refractivity contribution is -0.138. The molecule has 0 radical (unpaired) electrons. The Kier molecular flexibility index (Phi) is 11.6. The van der Waals surface area contributed by atoms with E-state index >= 15 is 0 Å². The smallest absolute Gasteiger partial charge is 0.389 e. The molecule has 21 heteroatoms. The second kappa shape index (κ2) is 16.4. The Balaban J connectivity index is 0.896. The van der Waals surface area contributed by atoms with Crippen molar-refractivity contribution in [1.29, 1.82) is 0 Å². The Morgan fingerprint density at radius 1 is 0.983 bits per heavy atom. The minimum Gasteiger partial charge on any atom is -0.389 e. The van der Waals surface area contributed by atoms with Crippen LogP contribution in [0, 0.1) is 11.8 Å². The standard InChI is InChI=1S/C38H42F3N9O8S/c1-37(2,55)22-47-21-24(19-43-47)32-28(38(39,40)41)20-42-36(46-32)44-25-10-14-48(15-11-25)59(56,57)49-16-12-26(13-17-49)58-18-4-6-23-5-3-7-27-31(23)35(54)50(34(27)53)29-8-9-30(51)45-33(29)52/h3,5,7,19-21,25-26,29,55H,8-18,22H2,1-2H3,(H,42,44,46)(H,45,51,52). The van der Waals surface area contributed by atoms with Crippen LogP contribution in [0.5, 0.6) is 0 Å². The molecule has 7 rings (SSSR count). The van der Waals surface area contributed by atoms with Crippen molar-refractivity contribution in [3.05, 3.63) is 59.0 Å². The highest BCUT2D eigenvalue weighted by Gasteiger charge is 2.45. The molecule has 1 aromatic carbocycles. The molecule has 2 aromatic heterocycles. The summed E-state index contributed by atoms with van der Waals surface area (Å²) in [6.45, 7) is 3.91. The lowest BCUT2D eigenvalue weighted by atomic mass is 10.0. The number of nitrogens with one attached hydrogen (secondary N) is 2. The van der Waals surface area contributed by atoms with E-state index in [0.717, 1.165) is 4.90 Å². The number of fused-ring (bicyclic) bond motifs is 1. The van der Waals surface area contributed by atoms with E-state index in [1.54, 1.807) is 26.0 Å². The quantitative estimate of drug-likeness (QED) is 0.198. The topological polar surface area (TPSA) is 209 Å². The molecule has 3 fully saturated rings. The van der Waals surface area contributed by atoms with E-state index < -0.39 is 57.2 Å². The molecule has 6 heterocycles. The first-order chi connectivity index (χ1) is 27.9. The van der Waals surface area contributed by atoms with Gasteiger partial charge in [-0.2, -0.15) is 35.3 Å². The number of nitrogens with zero attached hydrogens (tertiary/aromatic N) is 7. The van der Waals surface area contributed by atoms with Crippen molar-refractivity contribution in [2.45, 2.75) is 88.9 Å². The number of rotatable bonds is 10. The molecule has 0 bridgehead atoms. The van der Waals surface area contributed by atoms with Crippen molar-refractivity contribution < 1.29 is 50.6 Å². The molecule has 3 aromatic rings. The molecule has 0 spiro atoms. The largest absolute Gasteiger partial charge is 0.419 e. The van der Waals surface area contributed by atoms with Crippen molar-refractivity contribution >= 4 is 39.8 Å². The number of amides is 4. The zero-order valence-electron chi connectivity index (χ0n) is 32.2. The number of alkyl halides is 3. The Morgan fingerprint density at radius 2 is 1.68 bits per heavy atom. The van der Waals surface area contributed by atoms with Crippen LogP contribution in [-0.2, 0) is 37.3 Å². The van der Waals surface area contributed by atoms with E-state index in [0.29, 0.717) is 37.4 Å². The van der Waals surface area contributed by atoms with Gasteiger partial charge in [0, 0.05) is 62.2 Å². The van der Waals surface area contributed by atoms with Crippen molar-refractivity contribution in [2.24, 2.45) is 0 Å². The summed E-state index contributed by atoms with van der Waals surface area (Å²) < 4.78 is 78.9. The summed E-state index contributed by atoms with van der Waals surface area (Å²) in [4.78, 5) is 59.4. The van der Waals surface area contributed by atoms with Gasteiger partial charge in [-0.05, 0) is 58.1 Å². The minimum absolute atomic E-state index is 0.00653. The molecule has 3 N–H and O–H groups in total. The number of benzene rings is 1. The van der Waals surface area contributed by atoms with Crippen LogP contribution in [0.15, 0.2) is 36.8 Å². The number of aliphatic hydroxyl groups is 1. The molecule has 3 saturated heterocycles. The van der Waals surface area contributed by atoms with E-state index in [-0.39, 0.29) is 92.7 Å². The number of anilines is 1. The van der Waals surface area contributed by atoms with Crippen LogP contribution in [0.4, 0.5) is 19.1 Å². The van der Waals surface area contributed by atoms with E-state index in [1.165, 1.54) is 31.8 Å². The zero-order valence-corrected chi connectivity index (χ0v) is 33.0. The maximum Gasteiger partial charge on any atom is 0.419 e. The van der Waals surface area contributed by atoms with Crippen LogP contribution in [-0.4, -0.2) is 127 Å². The third-order valence-electron chi connectivity index (χ3n) is 10.5. The van der Waals surface area contributed by atoms with E-state index in [4.69, 9.17) is 4.74 Å². The summed E-state index contributed by atoms with van der Waals surface area (Å²) in [5, 5.41) is 19.4. The summed E-state index contributed by atoms with van der Waals surface area (Å²) in [5.41, 5.74) is -1.96. The number of ether oxygens (including phenoxy) is 1. The first-order valence-corrected chi connectivity index (χ1v) is 20.4. The van der Waals surface area contributed by atoms with Gasteiger partial charge in [0.2, 0.25) is 17.8 Å². The van der Waals surface area contributed by atoms with Gasteiger partial charge in [0.05, 0.1) is 41.3 Å². The SMILES string of the molecule is CC(C)(O)Cn1cc(-c2nc(NC3CCN(S(=O)(=O)N4CCC(OCC#Cc5cccc6c5C(=O)N(C5CCC(=O)NC5=O)C6=O)CC4)CC3)ncc2C(F)(F)F)cn1. The molecule has 0 saturated carbocycles. The molecule has 59 heavy (non-hydrogen) atoms. The van der Waals surface area contributed by atoms with Crippen LogP contribution in [0.25, 0.3) is 11.3 Å². The number of aromatic nitrogens is 4. The molecule has 0 aliphatic carbocycles. The minimum atomic E-state index is -4.73. The van der Waals surface area contributed by atoms with E-state index in [9.17, 15) is 45.9 Å². The number of hydrogen-bond acceptors (Lipinski definition) is 12. The monoisotopic (exact) mass is 841 g/mol. The highest BCUT2D eigenvalue weighted by Crippen LogP contribution is 2.36. The van der Waals surface area contributed by atoms with Gasteiger partial charge >= 0.3 is 6.18 Å². The van der Waals surface area contributed by atoms with Crippen LogP contribution in [0.3, 0.4) is 0 Å². The second-order valence-electron chi connectivity index (χ2n) is 15.4. The molecule has 17 nitrogen and oxygen atoms in total. The Morgan fingerprint density at radius 3 is 2.34 bits per heavy atom. The van der Waals surface area contributed by atoms with Gasteiger partial charge in [-0.3, -0.25) is 34.1 Å². The molecule has 314 valence electrons. The first-order valence-electron chi connectivity index (χ1n) is 19.1. The zero-order chi connectivity index (χ0) is 42.3. The van der Waals surface area contributed by atoms with Crippen molar-refractivity contribution in [3.63, 3.8) is 0 Å². The molecule has 4 amide bonds. The van der Waals surface area contributed by atoms with Gasteiger partial charge in [-0.1, -0.05) is 17.9 Å². The van der Waals surface area contributed by atoms with Gasteiger partial charge in [0.15, 0.2) is 0 Å². The van der Waals surface area contributed by atoms with Crippen molar-refractivity contribution in [2.75, 3.05) is 38.1 Å². The average Bonchev–Trinajstić information content (AvgIpc) is 3.74. The summed E-state index contributed by atoms with van der Waals surface area (Å²) >= 11 is 0. The summed E-state index contributed by atoms with van der Waals surface area (Å²) in [6, 6.07) is 3.26. The van der Waals surface area contributed by atoms with Crippen LogP contribution in [0.2, 0.25) is 0 Å². The second-order valence-corrected chi connectivity index (χ2v) is 17.3. The number of halogens is 3. The van der Waals surface area contributed by atoms with Gasteiger partial charge in [-0.25, -0.2) is 9.97 Å². The Labute approximate surface area is 337 Å². The molecule has 1 atom stereocenters. The lowest BCUT2D eigenvalue weighted by Crippen LogP contribution is -2.54. The summed E-state index contributed by atoms with van der Waals surface area (Å²) in [6.07, 6.45) is -0.0908. The fourth-order valence-electron chi connectivity index (χ4n) is 7.56. The van der Waals surface area contributed by atoms with Gasteiger partial charge in [0.25, 0.3) is 22.0 Å². The highest BCUT2D eigenvalue weighted by molar-refractivity contribution is 7.86. The third kappa shape index (κ3) is 9.16. The van der Waals surface area contributed by atoms with Crippen molar-refractivity contribution in [3.8, 4) is 23.1 Å². The maximum atomic E-state index is 13.9. The number of imide groups is 2. The first kappa shape index (κ1) is 41.9. The number of carbonyl (C=O) groups excluding carboxylic acids is 4. The van der Waals surface area contributed by atoms with E-state index in [2.05, 4.69) is 37.5 Å². The van der Waals surface area contributed by atoms with Gasteiger partial charge in [0.1, 0.15) is 18.2 Å². The molecule has 4 aliphatic rings. The Hall–Kier alpha value is -5.27. The fourth-order valence-corrected chi connectivity index (χ4v) is 9.23. The fraction of sp³-hybridized carbons (Fsp3) is 0.500. The lowest BCUT2D eigenvalue weighted by Gasteiger charge is -2.37. The van der Waals surface area contributed by atoms with Gasteiger partial charge < -0.3 is 15.2 Å². The number of piperidine rings is 3. The summed E-state index contributed by atoms with van der Waals surface area (Å²) in [5.74, 6) is 3.26. The molecular formula is C38H42F3N9O8S.